The van der Waals surface area contributed by atoms with Crippen molar-refractivity contribution < 1.29 is 4.79 Å². The number of halogens is 2. The Labute approximate surface area is 151 Å². The number of thiophene rings is 1. The number of carbonyl (C=O) groups excluding carboxylic acids is 1. The highest BCUT2D eigenvalue weighted by Crippen LogP contribution is 2.24. The standard InChI is InChI=1S/C15H17Br2N3OS/c1-18-9-11(16)8-13(18)15(21)20-6-4-19(5-7-20)10-12-2-3-14(17)22-12/h2-3,8-9H,4-7,10H2,1H3. The van der Waals surface area contributed by atoms with Crippen molar-refractivity contribution in [3.05, 3.63) is 43.2 Å². The number of aryl methyl sites for hydroxylation is 1. The van der Waals surface area contributed by atoms with Crippen LogP contribution in [0.5, 0.6) is 0 Å². The fraction of sp³-hybridized carbons (Fsp3) is 0.400. The molecule has 1 aliphatic heterocycles. The highest BCUT2D eigenvalue weighted by atomic mass is 79.9. The monoisotopic (exact) mass is 445 g/mol. The van der Waals surface area contributed by atoms with Crippen LogP contribution in [0, 0.1) is 0 Å². The third-order valence-electron chi connectivity index (χ3n) is 3.86. The molecule has 0 spiro atoms. The van der Waals surface area contributed by atoms with Crippen LogP contribution in [-0.2, 0) is 13.6 Å². The summed E-state index contributed by atoms with van der Waals surface area (Å²) < 4.78 is 3.99. The molecule has 0 atom stereocenters. The molecular formula is C15H17Br2N3OS. The average Bonchev–Trinajstić information content (AvgIpc) is 3.04. The second kappa shape index (κ2) is 6.86. The summed E-state index contributed by atoms with van der Waals surface area (Å²) in [6.45, 7) is 4.38. The summed E-state index contributed by atoms with van der Waals surface area (Å²) >= 11 is 8.70. The van der Waals surface area contributed by atoms with Crippen molar-refractivity contribution in [2.24, 2.45) is 7.05 Å². The van der Waals surface area contributed by atoms with Crippen LogP contribution in [0.15, 0.2) is 32.7 Å². The smallest absolute Gasteiger partial charge is 0.270 e. The zero-order valence-corrected chi connectivity index (χ0v) is 16.2. The second-order valence-electron chi connectivity index (χ2n) is 5.43. The first kappa shape index (κ1) is 16.2. The summed E-state index contributed by atoms with van der Waals surface area (Å²) in [5, 5.41) is 0. The first-order valence-corrected chi connectivity index (χ1v) is 9.51. The van der Waals surface area contributed by atoms with Gasteiger partial charge in [-0.1, -0.05) is 0 Å². The third kappa shape index (κ3) is 3.64. The van der Waals surface area contributed by atoms with Gasteiger partial charge in [-0.2, -0.15) is 0 Å². The highest BCUT2D eigenvalue weighted by Gasteiger charge is 2.24. The average molecular weight is 447 g/mol. The van der Waals surface area contributed by atoms with Crippen molar-refractivity contribution in [2.75, 3.05) is 26.2 Å². The van der Waals surface area contributed by atoms with Gasteiger partial charge in [0.05, 0.1) is 3.79 Å². The quantitative estimate of drug-likeness (QED) is 0.720. The summed E-state index contributed by atoms with van der Waals surface area (Å²) in [5.74, 6) is 0.117. The van der Waals surface area contributed by atoms with Crippen molar-refractivity contribution in [3.8, 4) is 0 Å². The second-order valence-corrected chi connectivity index (χ2v) is 8.89. The summed E-state index contributed by atoms with van der Waals surface area (Å²) in [6, 6.07) is 6.14. The van der Waals surface area contributed by atoms with Gasteiger partial charge in [-0.05, 0) is 50.1 Å². The van der Waals surface area contributed by atoms with Crippen molar-refractivity contribution in [2.45, 2.75) is 6.54 Å². The zero-order chi connectivity index (χ0) is 15.7. The molecule has 22 heavy (non-hydrogen) atoms. The van der Waals surface area contributed by atoms with Gasteiger partial charge in [0.1, 0.15) is 5.69 Å². The Hall–Kier alpha value is -0.630. The molecule has 2 aromatic rings. The van der Waals surface area contributed by atoms with E-state index in [1.807, 2.05) is 28.8 Å². The molecule has 118 valence electrons. The fourth-order valence-corrected chi connectivity index (χ4v) is 4.71. The van der Waals surface area contributed by atoms with Gasteiger partial charge in [0.2, 0.25) is 0 Å². The Morgan fingerprint density at radius 2 is 1.95 bits per heavy atom. The predicted octanol–water partition coefficient (Wildman–Crippen LogP) is 3.57. The number of rotatable bonds is 3. The SMILES string of the molecule is Cn1cc(Br)cc1C(=O)N1CCN(Cc2ccc(Br)s2)CC1. The number of piperazine rings is 1. The minimum atomic E-state index is 0.117. The van der Waals surface area contributed by atoms with Crippen LogP contribution in [0.3, 0.4) is 0 Å². The highest BCUT2D eigenvalue weighted by molar-refractivity contribution is 9.11. The number of aromatic nitrogens is 1. The molecule has 0 bridgehead atoms. The van der Waals surface area contributed by atoms with E-state index in [-0.39, 0.29) is 5.91 Å². The summed E-state index contributed by atoms with van der Waals surface area (Å²) in [5.41, 5.74) is 0.738. The molecule has 1 fully saturated rings. The molecule has 0 aliphatic carbocycles. The molecule has 0 radical (unpaired) electrons. The van der Waals surface area contributed by atoms with E-state index in [0.717, 1.165) is 42.9 Å². The molecule has 3 rings (SSSR count). The van der Waals surface area contributed by atoms with Crippen LogP contribution in [-0.4, -0.2) is 46.5 Å². The Bertz CT molecular complexity index is 674. The lowest BCUT2D eigenvalue weighted by atomic mass is 10.2. The molecule has 1 aliphatic rings. The van der Waals surface area contributed by atoms with E-state index >= 15 is 0 Å². The van der Waals surface area contributed by atoms with Gasteiger partial charge in [0.15, 0.2) is 0 Å². The Kier molecular flexibility index (Phi) is 5.07. The summed E-state index contributed by atoms with van der Waals surface area (Å²) in [6.07, 6.45) is 1.91. The molecule has 1 saturated heterocycles. The Morgan fingerprint density at radius 3 is 2.50 bits per heavy atom. The minimum Gasteiger partial charge on any atom is -0.345 e. The lowest BCUT2D eigenvalue weighted by Gasteiger charge is -2.34. The van der Waals surface area contributed by atoms with E-state index in [2.05, 4.69) is 48.9 Å². The van der Waals surface area contributed by atoms with Crippen LogP contribution >= 0.6 is 43.2 Å². The summed E-state index contributed by atoms with van der Waals surface area (Å²) in [4.78, 5) is 18.3. The number of hydrogen-bond acceptors (Lipinski definition) is 3. The topological polar surface area (TPSA) is 28.5 Å². The lowest BCUT2D eigenvalue weighted by Crippen LogP contribution is -2.48. The minimum absolute atomic E-state index is 0.117. The molecule has 4 nitrogen and oxygen atoms in total. The van der Waals surface area contributed by atoms with Crippen LogP contribution in [0.25, 0.3) is 0 Å². The first-order chi connectivity index (χ1) is 10.5. The molecule has 3 heterocycles. The van der Waals surface area contributed by atoms with E-state index in [0.29, 0.717) is 0 Å². The maximum absolute atomic E-state index is 12.6. The first-order valence-electron chi connectivity index (χ1n) is 7.10. The maximum Gasteiger partial charge on any atom is 0.270 e. The van der Waals surface area contributed by atoms with Crippen LogP contribution < -0.4 is 0 Å². The molecule has 0 saturated carbocycles. The molecular weight excluding hydrogens is 430 g/mol. The Morgan fingerprint density at radius 1 is 1.23 bits per heavy atom. The molecule has 1 amide bonds. The number of amides is 1. The number of carbonyl (C=O) groups is 1. The van der Waals surface area contributed by atoms with Gasteiger partial charge in [0.25, 0.3) is 5.91 Å². The Balaban J connectivity index is 1.57. The van der Waals surface area contributed by atoms with Crippen LogP contribution in [0.1, 0.15) is 15.4 Å². The maximum atomic E-state index is 12.6. The summed E-state index contributed by atoms with van der Waals surface area (Å²) in [7, 11) is 1.91. The van der Waals surface area contributed by atoms with Crippen molar-refractivity contribution in [3.63, 3.8) is 0 Å². The largest absolute Gasteiger partial charge is 0.345 e. The van der Waals surface area contributed by atoms with E-state index in [1.165, 1.54) is 8.66 Å². The van der Waals surface area contributed by atoms with Gasteiger partial charge in [-0.3, -0.25) is 9.69 Å². The van der Waals surface area contributed by atoms with Gasteiger partial charge < -0.3 is 9.47 Å². The van der Waals surface area contributed by atoms with E-state index in [4.69, 9.17) is 0 Å². The molecule has 0 unspecified atom stereocenters. The van der Waals surface area contributed by atoms with Gasteiger partial charge in [0, 0.05) is 55.3 Å². The number of hydrogen-bond donors (Lipinski definition) is 0. The molecule has 0 aromatic carbocycles. The van der Waals surface area contributed by atoms with Crippen LogP contribution in [0.2, 0.25) is 0 Å². The van der Waals surface area contributed by atoms with E-state index < -0.39 is 0 Å². The van der Waals surface area contributed by atoms with Gasteiger partial charge in [-0.25, -0.2) is 0 Å². The van der Waals surface area contributed by atoms with E-state index in [1.54, 1.807) is 11.3 Å². The predicted molar refractivity (Wildman–Crippen MR) is 96.3 cm³/mol. The van der Waals surface area contributed by atoms with Gasteiger partial charge >= 0.3 is 0 Å². The third-order valence-corrected chi connectivity index (χ3v) is 5.90. The zero-order valence-electron chi connectivity index (χ0n) is 12.3. The normalized spacial score (nSPS) is 16.2. The molecule has 0 N–H and O–H groups in total. The van der Waals surface area contributed by atoms with Crippen molar-refractivity contribution in [1.29, 1.82) is 0 Å². The number of nitrogens with zero attached hydrogens (tertiary/aromatic N) is 3. The molecule has 2 aromatic heterocycles. The van der Waals surface area contributed by atoms with Crippen LogP contribution in [0.4, 0.5) is 0 Å². The van der Waals surface area contributed by atoms with Crippen molar-refractivity contribution in [1.82, 2.24) is 14.4 Å². The molecule has 7 heteroatoms. The van der Waals surface area contributed by atoms with Gasteiger partial charge in [-0.15, -0.1) is 11.3 Å². The van der Waals surface area contributed by atoms with Crippen molar-refractivity contribution >= 4 is 49.1 Å². The lowest BCUT2D eigenvalue weighted by molar-refractivity contribution is 0.0620. The fourth-order valence-electron chi connectivity index (χ4n) is 2.67. The van der Waals surface area contributed by atoms with E-state index in [9.17, 15) is 4.79 Å².